The molecule has 23 heavy (non-hydrogen) atoms. The Balaban J connectivity index is 2.46. The van der Waals surface area contributed by atoms with E-state index in [1.54, 1.807) is 0 Å². The van der Waals surface area contributed by atoms with Crippen LogP contribution in [0.3, 0.4) is 0 Å². The van der Waals surface area contributed by atoms with Crippen LogP contribution in [-0.4, -0.2) is 87.1 Å². The molecule has 0 aromatic carbocycles. The topological polar surface area (TPSA) is 34.1 Å². The first-order chi connectivity index (χ1) is 11.1. The molecule has 1 heterocycles. The second-order valence-electron chi connectivity index (χ2n) is 6.65. The van der Waals surface area contributed by atoms with Gasteiger partial charge >= 0.3 is 0 Å². The van der Waals surface area contributed by atoms with E-state index in [2.05, 4.69) is 54.7 Å². The van der Waals surface area contributed by atoms with E-state index in [1.807, 2.05) is 6.08 Å². The van der Waals surface area contributed by atoms with Gasteiger partial charge in [-0.2, -0.15) is 0 Å². The van der Waals surface area contributed by atoms with Crippen LogP contribution in [0.2, 0.25) is 0 Å². The van der Waals surface area contributed by atoms with Crippen molar-refractivity contribution in [3.63, 3.8) is 0 Å². The Labute approximate surface area is 143 Å². The maximum absolute atomic E-state index is 4.88. The second-order valence-corrected chi connectivity index (χ2v) is 6.65. The summed E-state index contributed by atoms with van der Waals surface area (Å²) >= 11 is 0. The summed E-state index contributed by atoms with van der Waals surface area (Å²) in [6.07, 6.45) is 6.84. The number of nitrogens with one attached hydrogen (secondary N) is 1. The number of unbranched alkanes of at least 4 members (excludes halogenated alkanes) is 3. The van der Waals surface area contributed by atoms with Gasteiger partial charge < -0.3 is 15.1 Å². The molecule has 134 valence electrons. The molecule has 0 aromatic rings. The first kappa shape index (κ1) is 20.0. The van der Waals surface area contributed by atoms with E-state index < -0.39 is 0 Å². The molecule has 0 radical (unpaired) electrons. The number of hydrogen-bond donors (Lipinski definition) is 1. The first-order valence-electron chi connectivity index (χ1n) is 9.07. The van der Waals surface area contributed by atoms with E-state index >= 15 is 0 Å². The summed E-state index contributed by atoms with van der Waals surface area (Å²) in [5.41, 5.74) is 0. The van der Waals surface area contributed by atoms with Crippen LogP contribution in [0, 0.1) is 0 Å². The lowest BCUT2D eigenvalue weighted by Crippen LogP contribution is -2.51. The normalized spacial score (nSPS) is 20.5. The fourth-order valence-electron chi connectivity index (χ4n) is 2.88. The molecule has 0 aromatic heterocycles. The standard InChI is InChI=1S/C18H37N5/c1-6-8-9-10-11-12-23(5)18(19-7-2)20-15-17-16-21(3)13-14-22(17)4/h6,17H,1,7-16H2,2-5H3,(H,19,20). The molecular formula is C18H37N5. The molecule has 0 saturated carbocycles. The average Bonchev–Trinajstić information content (AvgIpc) is 2.54. The SMILES string of the molecule is C=CCCCCCN(C)C(=NCC1CN(C)CCN1C)NCC. The van der Waals surface area contributed by atoms with Crippen molar-refractivity contribution in [1.29, 1.82) is 0 Å². The van der Waals surface area contributed by atoms with Crippen molar-refractivity contribution >= 4 is 5.96 Å². The molecule has 1 aliphatic heterocycles. The van der Waals surface area contributed by atoms with Gasteiger partial charge in [0.15, 0.2) is 5.96 Å². The third kappa shape index (κ3) is 7.84. The van der Waals surface area contributed by atoms with Crippen LogP contribution in [0.5, 0.6) is 0 Å². The van der Waals surface area contributed by atoms with Gasteiger partial charge in [0.2, 0.25) is 0 Å². The fourth-order valence-corrected chi connectivity index (χ4v) is 2.88. The summed E-state index contributed by atoms with van der Waals surface area (Å²) in [5, 5.41) is 3.43. The van der Waals surface area contributed by atoms with Crippen molar-refractivity contribution < 1.29 is 0 Å². The zero-order chi connectivity index (χ0) is 17.1. The summed E-state index contributed by atoms with van der Waals surface area (Å²) in [6, 6.07) is 0.517. The number of rotatable bonds is 9. The summed E-state index contributed by atoms with van der Waals surface area (Å²) in [4.78, 5) is 12.0. The molecule has 1 N–H and O–H groups in total. The van der Waals surface area contributed by atoms with Gasteiger partial charge in [0, 0.05) is 45.8 Å². The van der Waals surface area contributed by atoms with Crippen molar-refractivity contribution in [3.8, 4) is 0 Å². The molecule has 1 atom stereocenters. The zero-order valence-electron chi connectivity index (χ0n) is 15.7. The molecule has 0 spiro atoms. The lowest BCUT2D eigenvalue weighted by atomic mass is 10.2. The maximum atomic E-state index is 4.88. The van der Waals surface area contributed by atoms with Gasteiger partial charge in [0.25, 0.3) is 0 Å². The maximum Gasteiger partial charge on any atom is 0.193 e. The van der Waals surface area contributed by atoms with Gasteiger partial charge in [0.1, 0.15) is 0 Å². The van der Waals surface area contributed by atoms with Crippen LogP contribution >= 0.6 is 0 Å². The van der Waals surface area contributed by atoms with Gasteiger partial charge in [0.05, 0.1) is 6.54 Å². The number of allylic oxidation sites excluding steroid dienone is 1. The van der Waals surface area contributed by atoms with Crippen molar-refractivity contribution in [2.75, 3.05) is 60.4 Å². The second kappa shape index (κ2) is 11.5. The summed E-state index contributed by atoms with van der Waals surface area (Å²) in [5.74, 6) is 1.04. The van der Waals surface area contributed by atoms with E-state index in [0.717, 1.165) is 51.6 Å². The third-order valence-corrected chi connectivity index (χ3v) is 4.53. The molecule has 0 aliphatic carbocycles. The molecule has 1 fully saturated rings. The minimum atomic E-state index is 0.517. The molecular weight excluding hydrogens is 286 g/mol. The van der Waals surface area contributed by atoms with Gasteiger partial charge in [-0.05, 0) is 40.3 Å². The van der Waals surface area contributed by atoms with Gasteiger partial charge in [-0.25, -0.2) is 0 Å². The van der Waals surface area contributed by atoms with Crippen molar-refractivity contribution in [2.24, 2.45) is 4.99 Å². The van der Waals surface area contributed by atoms with Gasteiger partial charge in [-0.3, -0.25) is 9.89 Å². The molecule has 1 aliphatic rings. The van der Waals surface area contributed by atoms with Crippen LogP contribution in [0.1, 0.15) is 32.6 Å². The minimum absolute atomic E-state index is 0.517. The highest BCUT2D eigenvalue weighted by atomic mass is 15.3. The van der Waals surface area contributed by atoms with Crippen molar-refractivity contribution in [2.45, 2.75) is 38.6 Å². The molecule has 1 rings (SSSR count). The molecule has 1 saturated heterocycles. The number of hydrogen-bond acceptors (Lipinski definition) is 3. The smallest absolute Gasteiger partial charge is 0.193 e. The average molecular weight is 324 g/mol. The molecule has 0 amide bonds. The van der Waals surface area contributed by atoms with Crippen LogP contribution in [0.15, 0.2) is 17.6 Å². The Morgan fingerprint density at radius 3 is 2.78 bits per heavy atom. The van der Waals surface area contributed by atoms with Crippen LogP contribution in [-0.2, 0) is 0 Å². The Hall–Kier alpha value is -1.07. The largest absolute Gasteiger partial charge is 0.357 e. The summed E-state index contributed by atoms with van der Waals surface area (Å²) in [7, 11) is 6.55. The van der Waals surface area contributed by atoms with Gasteiger partial charge in [-0.15, -0.1) is 6.58 Å². The zero-order valence-corrected chi connectivity index (χ0v) is 15.7. The van der Waals surface area contributed by atoms with E-state index in [-0.39, 0.29) is 0 Å². The summed E-state index contributed by atoms with van der Waals surface area (Å²) < 4.78 is 0. The molecule has 5 heteroatoms. The van der Waals surface area contributed by atoms with E-state index in [1.165, 1.54) is 19.3 Å². The van der Waals surface area contributed by atoms with E-state index in [0.29, 0.717) is 6.04 Å². The van der Waals surface area contributed by atoms with Crippen molar-refractivity contribution in [1.82, 2.24) is 20.0 Å². The van der Waals surface area contributed by atoms with Crippen molar-refractivity contribution in [3.05, 3.63) is 12.7 Å². The Morgan fingerprint density at radius 2 is 2.09 bits per heavy atom. The monoisotopic (exact) mass is 323 g/mol. The highest BCUT2D eigenvalue weighted by Crippen LogP contribution is 2.07. The number of nitrogens with zero attached hydrogens (tertiary/aromatic N) is 4. The molecule has 5 nitrogen and oxygen atoms in total. The first-order valence-corrected chi connectivity index (χ1v) is 9.07. The lowest BCUT2D eigenvalue weighted by molar-refractivity contribution is 0.119. The van der Waals surface area contributed by atoms with Crippen LogP contribution in [0.4, 0.5) is 0 Å². The van der Waals surface area contributed by atoms with E-state index in [4.69, 9.17) is 4.99 Å². The fraction of sp³-hybridized carbons (Fsp3) is 0.833. The number of guanidine groups is 1. The quantitative estimate of drug-likeness (QED) is 0.304. The Bertz CT molecular complexity index is 355. The third-order valence-electron chi connectivity index (χ3n) is 4.53. The van der Waals surface area contributed by atoms with Gasteiger partial charge in [-0.1, -0.05) is 12.5 Å². The molecule has 0 bridgehead atoms. The summed E-state index contributed by atoms with van der Waals surface area (Å²) in [6.45, 7) is 12.1. The number of likely N-dealkylation sites (N-methyl/N-ethyl adjacent to an activating group) is 2. The number of aliphatic imine (C=N–C) groups is 1. The van der Waals surface area contributed by atoms with Crippen LogP contribution < -0.4 is 5.32 Å². The van der Waals surface area contributed by atoms with E-state index in [9.17, 15) is 0 Å². The highest BCUT2D eigenvalue weighted by molar-refractivity contribution is 5.79. The predicted octanol–water partition coefficient (Wildman–Crippen LogP) is 1.88. The Morgan fingerprint density at radius 1 is 1.30 bits per heavy atom. The minimum Gasteiger partial charge on any atom is -0.357 e. The lowest BCUT2D eigenvalue weighted by Gasteiger charge is -2.37. The highest BCUT2D eigenvalue weighted by Gasteiger charge is 2.22. The Kier molecular flexibility index (Phi) is 9.96. The molecule has 1 unspecified atom stereocenters. The number of piperazine rings is 1. The van der Waals surface area contributed by atoms with Crippen LogP contribution in [0.25, 0.3) is 0 Å². The predicted molar refractivity (Wildman–Crippen MR) is 101 cm³/mol.